The van der Waals surface area contributed by atoms with Gasteiger partial charge >= 0.3 is 0 Å². The third-order valence-electron chi connectivity index (χ3n) is 4.94. The van der Waals surface area contributed by atoms with Crippen molar-refractivity contribution in [1.82, 2.24) is 0 Å². The Hall–Kier alpha value is -4.42. The summed E-state index contributed by atoms with van der Waals surface area (Å²) in [4.78, 5) is 0. The van der Waals surface area contributed by atoms with Crippen LogP contribution in [0.2, 0.25) is 0 Å². The highest BCUT2D eigenvalue weighted by atomic mass is 16.7. The molecule has 6 heteroatoms. The Balaban J connectivity index is 1.37. The van der Waals surface area contributed by atoms with Gasteiger partial charge in [0.15, 0.2) is 34.5 Å². The zero-order valence-corrected chi connectivity index (χ0v) is 16.2. The van der Waals surface area contributed by atoms with E-state index in [9.17, 15) is 0 Å². The molecule has 0 fully saturated rings. The Morgan fingerprint density at radius 3 is 1.26 bits per heavy atom. The quantitative estimate of drug-likeness (QED) is 0.527. The molecule has 31 heavy (non-hydrogen) atoms. The van der Waals surface area contributed by atoms with Crippen LogP contribution < -0.4 is 28.4 Å². The van der Waals surface area contributed by atoms with Gasteiger partial charge in [-0.05, 0) is 36.4 Å². The van der Waals surface area contributed by atoms with E-state index >= 15 is 0 Å². The number of hydrogen-bond donors (Lipinski definition) is 0. The molecule has 0 aliphatic carbocycles. The molecule has 6 nitrogen and oxygen atoms in total. The van der Waals surface area contributed by atoms with Gasteiger partial charge in [-0.15, -0.1) is 0 Å². The highest BCUT2D eigenvalue weighted by Crippen LogP contribution is 2.35. The van der Waals surface area contributed by atoms with Gasteiger partial charge in [0.2, 0.25) is 20.4 Å². The lowest BCUT2D eigenvalue weighted by Gasteiger charge is -2.01. The molecule has 6 rings (SSSR count). The van der Waals surface area contributed by atoms with Gasteiger partial charge in [0.1, 0.15) is 0 Å². The molecule has 0 saturated heterocycles. The minimum atomic E-state index is 0.184. The molecule has 3 heterocycles. The molecule has 0 unspecified atom stereocenters. The fourth-order valence-electron chi connectivity index (χ4n) is 3.38. The van der Waals surface area contributed by atoms with Gasteiger partial charge in [-0.25, -0.2) is 0 Å². The second kappa shape index (κ2) is 7.12. The van der Waals surface area contributed by atoms with Crippen molar-refractivity contribution in [2.24, 2.45) is 0 Å². The maximum absolute atomic E-state index is 5.51. The Labute approximate surface area is 178 Å². The molecule has 0 bridgehead atoms. The molecule has 3 aromatic carbocycles. The van der Waals surface area contributed by atoms with E-state index in [0.717, 1.165) is 33.8 Å². The molecule has 0 saturated carbocycles. The minimum absolute atomic E-state index is 0.184. The van der Waals surface area contributed by atoms with Crippen molar-refractivity contribution in [3.63, 3.8) is 0 Å². The lowest BCUT2D eigenvalue weighted by Crippen LogP contribution is -1.92. The van der Waals surface area contributed by atoms with Crippen molar-refractivity contribution in [3.8, 4) is 58.2 Å². The summed E-state index contributed by atoms with van der Waals surface area (Å²) in [6, 6.07) is 14.9. The Kier molecular flexibility index (Phi) is 4.01. The summed E-state index contributed by atoms with van der Waals surface area (Å²) in [5.74, 6) is 16.9. The molecule has 3 aliphatic rings. The predicted octanol–water partition coefficient (Wildman–Crippen LogP) is 3.67. The Bertz CT molecular complexity index is 1230. The zero-order chi connectivity index (χ0) is 20.6. The fourth-order valence-corrected chi connectivity index (χ4v) is 3.38. The number of benzene rings is 3. The molecule has 0 atom stereocenters. The fraction of sp³-hybridized carbons (Fsp3) is 0.120. The van der Waals surface area contributed by atoms with E-state index in [-0.39, 0.29) is 20.4 Å². The van der Waals surface area contributed by atoms with Crippen LogP contribution in [0.3, 0.4) is 0 Å². The highest BCUT2D eigenvalue weighted by molar-refractivity contribution is 5.62. The van der Waals surface area contributed by atoms with E-state index in [4.69, 9.17) is 28.4 Å². The molecule has 0 N–H and O–H groups in total. The van der Waals surface area contributed by atoms with Gasteiger partial charge in [-0.3, -0.25) is 0 Å². The first-order valence-corrected chi connectivity index (χ1v) is 9.59. The van der Waals surface area contributed by atoms with E-state index in [2.05, 4.69) is 23.7 Å². The topological polar surface area (TPSA) is 55.4 Å². The van der Waals surface area contributed by atoms with Gasteiger partial charge in [0, 0.05) is 34.4 Å². The second-order valence-electron chi connectivity index (χ2n) is 6.89. The van der Waals surface area contributed by atoms with Crippen LogP contribution in [0.5, 0.6) is 34.5 Å². The minimum Gasteiger partial charge on any atom is -0.454 e. The largest absolute Gasteiger partial charge is 0.454 e. The summed E-state index contributed by atoms with van der Waals surface area (Å²) >= 11 is 0. The van der Waals surface area contributed by atoms with Gasteiger partial charge in [-0.1, -0.05) is 23.7 Å². The van der Waals surface area contributed by atoms with Crippen LogP contribution in [0.4, 0.5) is 0 Å². The molecule has 0 aromatic heterocycles. The number of hydrogen-bond acceptors (Lipinski definition) is 6. The molecular weight excluding hydrogens is 396 g/mol. The van der Waals surface area contributed by atoms with Crippen molar-refractivity contribution < 1.29 is 28.4 Å². The van der Waals surface area contributed by atoms with Crippen LogP contribution in [0.1, 0.15) is 22.3 Å². The molecule has 150 valence electrons. The summed E-state index contributed by atoms with van der Waals surface area (Å²) in [5.41, 5.74) is 3.12. The monoisotopic (exact) mass is 410 g/mol. The normalized spacial score (nSPS) is 13.8. The van der Waals surface area contributed by atoms with E-state index in [0.29, 0.717) is 23.0 Å². The SMILES string of the molecule is C(#Cc1cc2c(cc1C#Cc1ccc3c(c1)OCO3)OCO2)c1ccc2c(c1)OCO2. The van der Waals surface area contributed by atoms with Crippen LogP contribution in [0.15, 0.2) is 48.5 Å². The summed E-state index contributed by atoms with van der Waals surface area (Å²) in [6.07, 6.45) is 0. The number of fused-ring (bicyclic) bond motifs is 3. The van der Waals surface area contributed by atoms with Crippen LogP contribution in [-0.2, 0) is 0 Å². The van der Waals surface area contributed by atoms with Crippen molar-refractivity contribution in [3.05, 3.63) is 70.8 Å². The maximum atomic E-state index is 5.51. The lowest BCUT2D eigenvalue weighted by atomic mass is 10.1. The molecule has 3 aliphatic heterocycles. The summed E-state index contributed by atoms with van der Waals surface area (Å²) in [7, 11) is 0. The Morgan fingerprint density at radius 1 is 0.419 bits per heavy atom. The predicted molar refractivity (Wildman–Crippen MR) is 110 cm³/mol. The van der Waals surface area contributed by atoms with Crippen molar-refractivity contribution in [1.29, 1.82) is 0 Å². The van der Waals surface area contributed by atoms with Gasteiger partial charge in [-0.2, -0.15) is 0 Å². The van der Waals surface area contributed by atoms with Crippen molar-refractivity contribution in [2.75, 3.05) is 20.4 Å². The maximum Gasteiger partial charge on any atom is 0.231 e. The molecule has 0 amide bonds. The Morgan fingerprint density at radius 2 is 0.806 bits per heavy atom. The van der Waals surface area contributed by atoms with E-state index in [1.54, 1.807) is 0 Å². The van der Waals surface area contributed by atoms with Gasteiger partial charge < -0.3 is 28.4 Å². The smallest absolute Gasteiger partial charge is 0.231 e. The standard InChI is InChI=1S/C25H14O6/c1(16-3-7-20-22(9-16)28-13-26-20)5-18-11-24-25(31-15-30-24)12-19(18)6-2-17-4-8-21-23(10-17)29-14-27-21/h3-4,7-12H,13-15H2. The summed E-state index contributed by atoms with van der Waals surface area (Å²) in [6.45, 7) is 0.644. The zero-order valence-electron chi connectivity index (χ0n) is 16.2. The second-order valence-corrected chi connectivity index (χ2v) is 6.89. The van der Waals surface area contributed by atoms with Crippen LogP contribution in [0.25, 0.3) is 0 Å². The molecule has 0 radical (unpaired) electrons. The molecular formula is C25H14O6. The average Bonchev–Trinajstić information content (AvgIpc) is 3.55. The highest BCUT2D eigenvalue weighted by Gasteiger charge is 2.17. The van der Waals surface area contributed by atoms with Crippen LogP contribution >= 0.6 is 0 Å². The number of rotatable bonds is 0. The van der Waals surface area contributed by atoms with Crippen molar-refractivity contribution in [2.45, 2.75) is 0 Å². The van der Waals surface area contributed by atoms with Gasteiger partial charge in [0.25, 0.3) is 0 Å². The first kappa shape index (κ1) is 17.4. The molecule has 3 aromatic rings. The first-order chi connectivity index (χ1) is 15.3. The average molecular weight is 410 g/mol. The molecule has 0 spiro atoms. The third-order valence-corrected chi connectivity index (χ3v) is 4.94. The number of ether oxygens (including phenoxy) is 6. The summed E-state index contributed by atoms with van der Waals surface area (Å²) < 4.78 is 32.6. The lowest BCUT2D eigenvalue weighted by molar-refractivity contribution is 0.173. The first-order valence-electron chi connectivity index (χ1n) is 9.59. The summed E-state index contributed by atoms with van der Waals surface area (Å²) in [5, 5.41) is 0. The van der Waals surface area contributed by atoms with Crippen LogP contribution in [-0.4, -0.2) is 20.4 Å². The van der Waals surface area contributed by atoms with Crippen LogP contribution in [0, 0.1) is 23.7 Å². The van der Waals surface area contributed by atoms with E-state index in [1.807, 2.05) is 48.5 Å². The van der Waals surface area contributed by atoms with Crippen molar-refractivity contribution >= 4 is 0 Å². The van der Waals surface area contributed by atoms with E-state index in [1.165, 1.54) is 0 Å². The third kappa shape index (κ3) is 3.31. The van der Waals surface area contributed by atoms with Gasteiger partial charge in [0.05, 0.1) is 0 Å². The van der Waals surface area contributed by atoms with E-state index < -0.39 is 0 Å².